The second-order valence-electron chi connectivity index (χ2n) is 3.03. The number of methoxy groups -OCH3 is 1. The molecule has 5 heteroatoms. The van der Waals surface area contributed by atoms with Crippen molar-refractivity contribution in [2.45, 2.75) is 0 Å². The summed E-state index contributed by atoms with van der Waals surface area (Å²) in [5, 5.41) is 3.75. The zero-order valence-corrected chi connectivity index (χ0v) is 9.19. The van der Waals surface area contributed by atoms with E-state index in [1.54, 1.807) is 19.2 Å². The van der Waals surface area contributed by atoms with Gasteiger partial charge in [-0.15, -0.1) is 0 Å². The van der Waals surface area contributed by atoms with E-state index in [0.717, 1.165) is 0 Å². The zero-order chi connectivity index (χ0) is 11.5. The first-order valence-electron chi connectivity index (χ1n) is 4.51. The molecule has 1 aromatic carbocycles. The lowest BCUT2D eigenvalue weighted by Gasteiger charge is -2.04. The lowest BCUT2D eigenvalue weighted by molar-refractivity contribution is 0.111. The molecule has 1 heterocycles. The van der Waals surface area contributed by atoms with E-state index in [2.05, 4.69) is 5.16 Å². The summed E-state index contributed by atoms with van der Waals surface area (Å²) >= 11 is 5.94. The summed E-state index contributed by atoms with van der Waals surface area (Å²) in [6.07, 6.45) is 0.546. The summed E-state index contributed by atoms with van der Waals surface area (Å²) in [5.74, 6) is 0.944. The van der Waals surface area contributed by atoms with Crippen molar-refractivity contribution in [1.82, 2.24) is 5.16 Å². The second kappa shape index (κ2) is 4.37. The summed E-state index contributed by atoms with van der Waals surface area (Å²) in [5.41, 5.74) is 0.748. The van der Waals surface area contributed by atoms with Crippen molar-refractivity contribution < 1.29 is 14.1 Å². The third-order valence-electron chi connectivity index (χ3n) is 2.12. The Morgan fingerprint density at radius 1 is 1.44 bits per heavy atom. The van der Waals surface area contributed by atoms with Crippen molar-refractivity contribution in [1.29, 1.82) is 0 Å². The lowest BCUT2D eigenvalue weighted by Crippen LogP contribution is -1.86. The Labute approximate surface area is 96.8 Å². The highest BCUT2D eigenvalue weighted by Gasteiger charge is 2.18. The smallest absolute Gasteiger partial charge is 0.189 e. The van der Waals surface area contributed by atoms with Gasteiger partial charge in [-0.2, -0.15) is 0 Å². The molecule has 1 aromatic heterocycles. The van der Waals surface area contributed by atoms with Crippen LogP contribution in [0.1, 0.15) is 10.5 Å². The van der Waals surface area contributed by atoms with E-state index in [4.69, 9.17) is 20.9 Å². The fraction of sp³-hybridized carbons (Fsp3) is 0.0909. The minimum Gasteiger partial charge on any atom is -0.496 e. The van der Waals surface area contributed by atoms with Crippen LogP contribution in [-0.2, 0) is 0 Å². The molecule has 2 aromatic rings. The molecule has 0 bridgehead atoms. The molecule has 0 spiro atoms. The van der Waals surface area contributed by atoms with E-state index in [0.29, 0.717) is 23.4 Å². The molecule has 0 amide bonds. The highest BCUT2D eigenvalue weighted by Crippen LogP contribution is 2.35. The van der Waals surface area contributed by atoms with Crippen molar-refractivity contribution in [3.63, 3.8) is 0 Å². The van der Waals surface area contributed by atoms with Crippen LogP contribution in [0.2, 0.25) is 5.02 Å². The first-order chi connectivity index (χ1) is 7.77. The van der Waals surface area contributed by atoms with Crippen LogP contribution in [0, 0.1) is 0 Å². The summed E-state index contributed by atoms with van der Waals surface area (Å²) in [6.45, 7) is 0. The maximum absolute atomic E-state index is 10.6. The Bertz CT molecular complexity index is 522. The van der Waals surface area contributed by atoms with Gasteiger partial charge >= 0.3 is 0 Å². The van der Waals surface area contributed by atoms with E-state index in [9.17, 15) is 4.79 Å². The molecule has 0 fully saturated rings. The molecule has 0 radical (unpaired) electrons. The van der Waals surface area contributed by atoms with Gasteiger partial charge < -0.3 is 9.26 Å². The van der Waals surface area contributed by atoms with Gasteiger partial charge in [0, 0.05) is 0 Å². The van der Waals surface area contributed by atoms with Crippen molar-refractivity contribution in [2.24, 2.45) is 0 Å². The molecular formula is C11H8ClNO3. The summed E-state index contributed by atoms with van der Waals surface area (Å²) in [7, 11) is 1.55. The van der Waals surface area contributed by atoms with E-state index < -0.39 is 0 Å². The van der Waals surface area contributed by atoms with Gasteiger partial charge in [0.15, 0.2) is 17.7 Å². The number of para-hydroxylation sites is 1. The van der Waals surface area contributed by atoms with Crippen LogP contribution in [0.4, 0.5) is 0 Å². The van der Waals surface area contributed by atoms with Crippen LogP contribution in [0.5, 0.6) is 5.75 Å². The van der Waals surface area contributed by atoms with Gasteiger partial charge in [0.05, 0.1) is 12.7 Å². The maximum Gasteiger partial charge on any atom is 0.189 e. The van der Waals surface area contributed by atoms with Gasteiger partial charge in [0.1, 0.15) is 10.8 Å². The minimum absolute atomic E-state index is 0.0857. The molecule has 0 unspecified atom stereocenters. The van der Waals surface area contributed by atoms with Crippen molar-refractivity contribution in [3.8, 4) is 17.1 Å². The number of carbonyl (C=O) groups is 1. The highest BCUT2D eigenvalue weighted by atomic mass is 35.5. The molecule has 2 rings (SSSR count). The minimum atomic E-state index is 0.0857. The molecule has 0 aliphatic rings. The van der Waals surface area contributed by atoms with Crippen molar-refractivity contribution in [3.05, 3.63) is 35.0 Å². The fourth-order valence-electron chi connectivity index (χ4n) is 1.36. The maximum atomic E-state index is 10.6. The molecule has 16 heavy (non-hydrogen) atoms. The molecule has 0 aliphatic carbocycles. The Kier molecular flexibility index (Phi) is 2.92. The number of rotatable bonds is 3. The van der Waals surface area contributed by atoms with Crippen LogP contribution in [0.3, 0.4) is 0 Å². The molecule has 0 saturated carbocycles. The summed E-state index contributed by atoms with van der Waals surface area (Å²) in [6, 6.07) is 7.19. The molecule has 0 atom stereocenters. The third kappa shape index (κ3) is 1.67. The Morgan fingerprint density at radius 2 is 2.19 bits per heavy atom. The van der Waals surface area contributed by atoms with Gasteiger partial charge in [0.25, 0.3) is 0 Å². The number of aromatic nitrogens is 1. The molecule has 0 saturated heterocycles. The van der Waals surface area contributed by atoms with Crippen LogP contribution in [-0.4, -0.2) is 18.6 Å². The number of carbonyl (C=O) groups excluding carboxylic acids is 1. The van der Waals surface area contributed by atoms with Gasteiger partial charge in [-0.1, -0.05) is 28.9 Å². The summed E-state index contributed by atoms with van der Waals surface area (Å²) in [4.78, 5) is 10.6. The number of benzene rings is 1. The van der Waals surface area contributed by atoms with Crippen LogP contribution >= 0.6 is 11.6 Å². The van der Waals surface area contributed by atoms with E-state index in [-0.39, 0.29) is 10.7 Å². The predicted octanol–water partition coefficient (Wildman–Crippen LogP) is 2.82. The number of hydrogen-bond acceptors (Lipinski definition) is 4. The van der Waals surface area contributed by atoms with Gasteiger partial charge in [0.2, 0.25) is 0 Å². The Balaban J connectivity index is 2.58. The number of ether oxygens (including phenoxy) is 1. The van der Waals surface area contributed by atoms with Gasteiger partial charge in [-0.05, 0) is 12.1 Å². The van der Waals surface area contributed by atoms with Gasteiger partial charge in [-0.25, -0.2) is 0 Å². The number of halogens is 1. The largest absolute Gasteiger partial charge is 0.496 e. The molecule has 4 nitrogen and oxygen atoms in total. The van der Waals surface area contributed by atoms with Crippen LogP contribution < -0.4 is 4.74 Å². The Morgan fingerprint density at radius 3 is 2.81 bits per heavy atom. The normalized spacial score (nSPS) is 10.1. The quantitative estimate of drug-likeness (QED) is 0.771. The van der Waals surface area contributed by atoms with Crippen LogP contribution in [0.15, 0.2) is 28.8 Å². The average molecular weight is 238 g/mol. The van der Waals surface area contributed by atoms with Crippen LogP contribution in [0.25, 0.3) is 11.3 Å². The van der Waals surface area contributed by atoms with E-state index >= 15 is 0 Å². The van der Waals surface area contributed by atoms with E-state index in [1.165, 1.54) is 0 Å². The summed E-state index contributed by atoms with van der Waals surface area (Å²) < 4.78 is 10.2. The number of nitrogens with zero attached hydrogens (tertiary/aromatic N) is 1. The predicted molar refractivity (Wildman–Crippen MR) is 58.9 cm³/mol. The van der Waals surface area contributed by atoms with Crippen molar-refractivity contribution in [2.75, 3.05) is 7.11 Å². The molecule has 0 N–H and O–H groups in total. The number of aldehydes is 1. The Hall–Kier alpha value is -1.81. The third-order valence-corrected chi connectivity index (χ3v) is 2.49. The first-order valence-corrected chi connectivity index (χ1v) is 4.89. The fourth-order valence-corrected chi connectivity index (χ4v) is 1.58. The molecule has 0 aliphatic heterocycles. The molecule has 82 valence electrons. The van der Waals surface area contributed by atoms with Gasteiger partial charge in [-0.3, -0.25) is 4.79 Å². The standard InChI is InChI=1S/C11H8ClNO3/c1-15-9-5-3-2-4-7(9)11-10(12)8(6-14)13-16-11/h2-6H,1H3. The molecular weight excluding hydrogens is 230 g/mol. The van der Waals surface area contributed by atoms with E-state index in [1.807, 2.05) is 12.1 Å². The topological polar surface area (TPSA) is 52.3 Å². The average Bonchev–Trinajstić information content (AvgIpc) is 2.70. The second-order valence-corrected chi connectivity index (χ2v) is 3.41. The monoisotopic (exact) mass is 237 g/mol. The SMILES string of the molecule is COc1ccccc1-c1onc(C=O)c1Cl. The first kappa shape index (κ1) is 10.7. The van der Waals surface area contributed by atoms with Crippen molar-refractivity contribution >= 4 is 17.9 Å². The zero-order valence-electron chi connectivity index (χ0n) is 8.44. The lowest BCUT2D eigenvalue weighted by atomic mass is 10.1. The number of hydrogen-bond donors (Lipinski definition) is 0. The highest BCUT2D eigenvalue weighted by molar-refractivity contribution is 6.35.